The van der Waals surface area contributed by atoms with E-state index in [-0.39, 0.29) is 12.3 Å². The molecule has 0 fully saturated rings. The number of nitrogens with zero attached hydrogens (tertiary/aromatic N) is 3. The monoisotopic (exact) mass is 396 g/mol. The number of fused-ring (bicyclic) bond motifs is 1. The molecule has 0 amide bonds. The number of carbonyl (C=O) groups excluding carboxylic acids is 1. The van der Waals surface area contributed by atoms with Gasteiger partial charge in [0.15, 0.2) is 16.5 Å². The second kappa shape index (κ2) is 7.03. The summed E-state index contributed by atoms with van der Waals surface area (Å²) in [6.07, 6.45) is -4.44. The second-order valence-electron chi connectivity index (χ2n) is 5.60. The lowest BCUT2D eigenvalue weighted by atomic mass is 10.2. The topological polar surface area (TPSA) is 69.0 Å². The Morgan fingerprint density at radius 1 is 1.33 bits per heavy atom. The summed E-state index contributed by atoms with van der Waals surface area (Å²) in [5.41, 5.74) is 0.614. The molecular formula is C17H15F3N4O2S. The highest BCUT2D eigenvalue weighted by Gasteiger charge is 2.30. The maximum atomic E-state index is 12.8. The number of nitrogens with one attached hydrogen (secondary N) is 1. The van der Waals surface area contributed by atoms with E-state index >= 15 is 0 Å². The lowest BCUT2D eigenvalue weighted by Crippen LogP contribution is -2.08. The molecule has 27 heavy (non-hydrogen) atoms. The smallest absolute Gasteiger partial charge is 0.416 e. The van der Waals surface area contributed by atoms with Gasteiger partial charge in [0, 0.05) is 5.70 Å². The lowest BCUT2D eigenvalue weighted by molar-refractivity contribution is -0.137. The number of hydrogen-bond acceptors (Lipinski definition) is 6. The summed E-state index contributed by atoms with van der Waals surface area (Å²) in [6.45, 7) is 7.33. The predicted molar refractivity (Wildman–Crippen MR) is 96.1 cm³/mol. The van der Waals surface area contributed by atoms with E-state index < -0.39 is 17.7 Å². The molecule has 6 nitrogen and oxygen atoms in total. The third-order valence-electron chi connectivity index (χ3n) is 3.45. The molecule has 2 heterocycles. The zero-order chi connectivity index (χ0) is 19.8. The first-order chi connectivity index (χ1) is 12.7. The number of allylic oxidation sites excluding steroid dienone is 1. The van der Waals surface area contributed by atoms with Gasteiger partial charge in [-0.05, 0) is 38.1 Å². The number of aromatic nitrogens is 3. The van der Waals surface area contributed by atoms with Crippen LogP contribution in [0, 0.1) is 0 Å². The Labute approximate surface area is 156 Å². The molecule has 0 unspecified atom stereocenters. The van der Waals surface area contributed by atoms with E-state index in [0.29, 0.717) is 26.9 Å². The Balaban J connectivity index is 2.12. The highest BCUT2D eigenvalue weighted by atomic mass is 32.1. The Morgan fingerprint density at radius 3 is 2.56 bits per heavy atom. The van der Waals surface area contributed by atoms with Crippen LogP contribution in [0.3, 0.4) is 0 Å². The number of anilines is 1. The highest BCUT2D eigenvalue weighted by molar-refractivity contribution is 7.22. The van der Waals surface area contributed by atoms with Gasteiger partial charge in [0.2, 0.25) is 0 Å². The number of ether oxygens (including phenoxy) is 1. The molecule has 0 bridgehead atoms. The molecule has 0 spiro atoms. The van der Waals surface area contributed by atoms with E-state index in [1.54, 1.807) is 13.8 Å². The van der Waals surface area contributed by atoms with Crippen molar-refractivity contribution in [3.8, 4) is 5.69 Å². The summed E-state index contributed by atoms with van der Waals surface area (Å²) in [7, 11) is 0. The van der Waals surface area contributed by atoms with Gasteiger partial charge in [0.25, 0.3) is 0 Å². The molecule has 142 valence electrons. The molecule has 0 aliphatic carbocycles. The Morgan fingerprint density at radius 2 is 2.00 bits per heavy atom. The number of rotatable bonds is 5. The van der Waals surface area contributed by atoms with Crippen LogP contribution in [0.2, 0.25) is 0 Å². The van der Waals surface area contributed by atoms with E-state index in [9.17, 15) is 18.0 Å². The summed E-state index contributed by atoms with van der Waals surface area (Å²) in [6, 6.07) is 4.45. The molecule has 0 atom stereocenters. The zero-order valence-electron chi connectivity index (χ0n) is 14.4. The fourth-order valence-corrected chi connectivity index (χ4v) is 3.34. The lowest BCUT2D eigenvalue weighted by Gasteiger charge is -2.08. The maximum absolute atomic E-state index is 12.8. The normalized spacial score (nSPS) is 11.6. The van der Waals surface area contributed by atoms with Crippen molar-refractivity contribution in [1.82, 2.24) is 14.8 Å². The third-order valence-corrected chi connectivity index (χ3v) is 4.42. The molecule has 1 aromatic carbocycles. The summed E-state index contributed by atoms with van der Waals surface area (Å²) in [5, 5.41) is 7.65. The van der Waals surface area contributed by atoms with Crippen molar-refractivity contribution in [3.05, 3.63) is 47.8 Å². The zero-order valence-corrected chi connectivity index (χ0v) is 15.2. The first-order valence-electron chi connectivity index (χ1n) is 7.87. The van der Waals surface area contributed by atoms with E-state index in [0.717, 1.165) is 12.1 Å². The minimum absolute atomic E-state index is 0.0546. The van der Waals surface area contributed by atoms with Crippen LogP contribution in [0.5, 0.6) is 0 Å². The predicted octanol–water partition coefficient (Wildman–Crippen LogP) is 4.62. The van der Waals surface area contributed by atoms with Crippen molar-refractivity contribution >= 4 is 32.8 Å². The minimum Gasteiger partial charge on any atom is -0.461 e. The summed E-state index contributed by atoms with van der Waals surface area (Å²) in [5.74, 6) is -0.626. The number of benzene rings is 1. The van der Waals surface area contributed by atoms with Crippen LogP contribution >= 0.6 is 11.3 Å². The molecule has 0 saturated heterocycles. The molecule has 10 heteroatoms. The summed E-state index contributed by atoms with van der Waals surface area (Å²) in [4.78, 5) is 16.6. The van der Waals surface area contributed by atoms with Gasteiger partial charge in [-0.2, -0.15) is 23.3 Å². The standard InChI is InChI=1S/C17H15F3N4O2S/c1-4-26-15(25)12-13-14(22-16(27-13)21-9(2)3)24(23-12)11-7-5-10(6-8-11)17(18,19)20/h5-8H,2,4H2,1,3H3,(H,21,22). The van der Waals surface area contributed by atoms with Crippen molar-refractivity contribution in [2.45, 2.75) is 20.0 Å². The number of carbonyl (C=O) groups is 1. The van der Waals surface area contributed by atoms with E-state index in [2.05, 4.69) is 22.0 Å². The molecule has 0 radical (unpaired) electrons. The largest absolute Gasteiger partial charge is 0.461 e. The highest BCUT2D eigenvalue weighted by Crippen LogP contribution is 2.33. The van der Waals surface area contributed by atoms with E-state index in [4.69, 9.17) is 4.74 Å². The van der Waals surface area contributed by atoms with E-state index in [1.807, 2.05) is 0 Å². The Bertz CT molecular complexity index is 1010. The minimum atomic E-state index is -4.44. The van der Waals surface area contributed by atoms with Crippen LogP contribution in [0.1, 0.15) is 29.9 Å². The number of halogens is 3. The van der Waals surface area contributed by atoms with Crippen LogP contribution in [0.25, 0.3) is 16.0 Å². The summed E-state index contributed by atoms with van der Waals surface area (Å²) < 4.78 is 45.2. The fraction of sp³-hybridized carbons (Fsp3) is 0.235. The quantitative estimate of drug-likeness (QED) is 0.637. The van der Waals surface area contributed by atoms with Gasteiger partial charge in [-0.3, -0.25) is 0 Å². The average molecular weight is 396 g/mol. The Kier molecular flexibility index (Phi) is 4.92. The van der Waals surface area contributed by atoms with Crippen molar-refractivity contribution in [2.24, 2.45) is 0 Å². The maximum Gasteiger partial charge on any atom is 0.416 e. The first kappa shape index (κ1) is 18.9. The van der Waals surface area contributed by atoms with Gasteiger partial charge in [0.1, 0.15) is 4.70 Å². The number of esters is 1. The fourth-order valence-electron chi connectivity index (χ4n) is 2.34. The van der Waals surface area contributed by atoms with Gasteiger partial charge >= 0.3 is 12.1 Å². The van der Waals surface area contributed by atoms with Crippen molar-refractivity contribution in [1.29, 1.82) is 0 Å². The molecule has 0 saturated carbocycles. The van der Waals surface area contributed by atoms with Crippen LogP contribution < -0.4 is 5.32 Å². The third kappa shape index (κ3) is 3.80. The van der Waals surface area contributed by atoms with Crippen LogP contribution in [0.4, 0.5) is 18.3 Å². The first-order valence-corrected chi connectivity index (χ1v) is 8.69. The molecule has 0 aliphatic rings. The molecule has 3 rings (SSSR count). The number of alkyl halides is 3. The van der Waals surface area contributed by atoms with Gasteiger partial charge < -0.3 is 10.1 Å². The van der Waals surface area contributed by atoms with Gasteiger partial charge in [-0.15, -0.1) is 0 Å². The van der Waals surface area contributed by atoms with Gasteiger partial charge in [-0.1, -0.05) is 17.9 Å². The Hall–Kier alpha value is -2.88. The molecule has 3 aromatic rings. The molecule has 0 aliphatic heterocycles. The molecule has 2 aromatic heterocycles. The van der Waals surface area contributed by atoms with E-state index in [1.165, 1.54) is 28.2 Å². The van der Waals surface area contributed by atoms with Crippen LogP contribution in [-0.2, 0) is 10.9 Å². The van der Waals surface area contributed by atoms with Crippen molar-refractivity contribution in [3.63, 3.8) is 0 Å². The molecular weight excluding hydrogens is 381 g/mol. The SMILES string of the molecule is C=C(C)Nc1nc2c(s1)c(C(=O)OCC)nn2-c1ccc(C(F)(F)F)cc1. The number of thiazole rings is 1. The van der Waals surface area contributed by atoms with Crippen molar-refractivity contribution < 1.29 is 22.7 Å². The average Bonchev–Trinajstić information content (AvgIpc) is 3.12. The second-order valence-corrected chi connectivity index (χ2v) is 6.60. The molecule has 1 N–H and O–H groups in total. The van der Waals surface area contributed by atoms with Crippen molar-refractivity contribution in [2.75, 3.05) is 11.9 Å². The van der Waals surface area contributed by atoms with Crippen LogP contribution in [-0.4, -0.2) is 27.3 Å². The van der Waals surface area contributed by atoms with Gasteiger partial charge in [-0.25, -0.2) is 9.48 Å². The number of hydrogen-bond donors (Lipinski definition) is 1. The van der Waals surface area contributed by atoms with Crippen LogP contribution in [0.15, 0.2) is 36.5 Å². The summed E-state index contributed by atoms with van der Waals surface area (Å²) >= 11 is 1.18. The van der Waals surface area contributed by atoms with Gasteiger partial charge in [0.05, 0.1) is 17.9 Å².